The number of nitriles is 1. The van der Waals surface area contributed by atoms with Gasteiger partial charge in [-0.15, -0.1) is 0 Å². The maximum atomic E-state index is 12.7. The molecule has 0 aliphatic heterocycles. The highest BCUT2D eigenvalue weighted by molar-refractivity contribution is 6.03. The molecule has 1 heterocycles. The Morgan fingerprint density at radius 1 is 1.23 bits per heavy atom. The number of esters is 1. The molecule has 0 fully saturated rings. The number of rotatable bonds is 6. The van der Waals surface area contributed by atoms with Crippen LogP contribution in [0.25, 0.3) is 10.8 Å². The molecule has 2 N–H and O–H groups in total. The van der Waals surface area contributed by atoms with Crippen LogP contribution >= 0.6 is 0 Å². The second-order valence-corrected chi connectivity index (χ2v) is 6.38. The quantitative estimate of drug-likeness (QED) is 0.592. The minimum Gasteiger partial charge on any atom is -0.448 e. The van der Waals surface area contributed by atoms with Gasteiger partial charge in [0.1, 0.15) is 0 Å². The van der Waals surface area contributed by atoms with E-state index in [1.807, 2.05) is 6.07 Å². The zero-order valence-electron chi connectivity index (χ0n) is 16.0. The molecule has 1 atom stereocenters. The number of nitrogens with one attached hydrogen (secondary N) is 1. The smallest absolute Gasteiger partial charge is 0.360 e. The number of hydrogen-bond donors (Lipinski definition) is 2. The van der Waals surface area contributed by atoms with Crippen molar-refractivity contribution < 1.29 is 19.4 Å². The molecule has 0 spiro atoms. The molecule has 30 heavy (non-hydrogen) atoms. The van der Waals surface area contributed by atoms with E-state index >= 15 is 0 Å². The fourth-order valence-corrected chi connectivity index (χ4v) is 2.81. The Morgan fingerprint density at radius 3 is 2.67 bits per heavy atom. The molecule has 0 saturated carbocycles. The lowest BCUT2D eigenvalue weighted by Crippen LogP contribution is -2.32. The van der Waals surface area contributed by atoms with E-state index in [9.17, 15) is 14.4 Å². The molecule has 9 heteroatoms. The summed E-state index contributed by atoms with van der Waals surface area (Å²) in [5.41, 5.74) is 0.186. The largest absolute Gasteiger partial charge is 0.448 e. The summed E-state index contributed by atoms with van der Waals surface area (Å²) in [4.78, 5) is 37.5. The van der Waals surface area contributed by atoms with Gasteiger partial charge in [0.25, 0.3) is 11.5 Å². The summed E-state index contributed by atoms with van der Waals surface area (Å²) in [5.74, 6) is -1.47. The topological polar surface area (TPSA) is 134 Å². The van der Waals surface area contributed by atoms with E-state index in [4.69, 9.17) is 15.1 Å². The Hall–Kier alpha value is -4.03. The first-order valence-electron chi connectivity index (χ1n) is 9.07. The Labute approximate surface area is 171 Å². The first kappa shape index (κ1) is 20.7. The van der Waals surface area contributed by atoms with E-state index < -0.39 is 23.5 Å². The highest BCUT2D eigenvalue weighted by Gasteiger charge is 2.23. The van der Waals surface area contributed by atoms with Gasteiger partial charge in [-0.05, 0) is 31.2 Å². The summed E-state index contributed by atoms with van der Waals surface area (Å²) in [7, 11) is 0. The van der Waals surface area contributed by atoms with Crippen molar-refractivity contribution in [3.05, 3.63) is 70.1 Å². The Balaban J connectivity index is 1.83. The number of nitrogens with zero attached hydrogens (tertiary/aromatic N) is 3. The number of benzene rings is 2. The Bertz CT molecular complexity index is 1210. The van der Waals surface area contributed by atoms with Gasteiger partial charge in [0.15, 0.2) is 11.8 Å². The molecule has 0 bridgehead atoms. The normalized spacial score (nSPS) is 11.5. The number of ether oxygens (including phenoxy) is 1. The zero-order valence-corrected chi connectivity index (χ0v) is 16.0. The van der Waals surface area contributed by atoms with Crippen LogP contribution in [0.1, 0.15) is 23.0 Å². The predicted octanol–water partition coefficient (Wildman–Crippen LogP) is 1.44. The van der Waals surface area contributed by atoms with E-state index in [1.165, 1.54) is 13.0 Å². The number of aliphatic hydroxyl groups is 1. The molecule has 0 aliphatic rings. The van der Waals surface area contributed by atoms with Crippen LogP contribution in [0.3, 0.4) is 0 Å². The van der Waals surface area contributed by atoms with E-state index in [0.717, 1.165) is 4.68 Å². The van der Waals surface area contributed by atoms with Crippen LogP contribution in [0.5, 0.6) is 0 Å². The third kappa shape index (κ3) is 4.34. The molecule has 2 aromatic carbocycles. The van der Waals surface area contributed by atoms with E-state index in [2.05, 4.69) is 10.4 Å². The number of aromatic nitrogens is 2. The molecule has 1 aromatic heterocycles. The molecule has 152 valence electrons. The van der Waals surface area contributed by atoms with Gasteiger partial charge in [0, 0.05) is 11.1 Å². The molecule has 9 nitrogen and oxygen atoms in total. The molecule has 1 amide bonds. The fourth-order valence-electron chi connectivity index (χ4n) is 2.81. The monoisotopic (exact) mass is 406 g/mol. The van der Waals surface area contributed by atoms with E-state index in [-0.39, 0.29) is 29.6 Å². The number of amides is 1. The third-order valence-electron chi connectivity index (χ3n) is 4.29. The summed E-state index contributed by atoms with van der Waals surface area (Å²) < 4.78 is 6.23. The van der Waals surface area contributed by atoms with Crippen LogP contribution in [0, 0.1) is 11.3 Å². The van der Waals surface area contributed by atoms with Crippen molar-refractivity contribution in [1.29, 1.82) is 5.26 Å². The van der Waals surface area contributed by atoms with Crippen LogP contribution in [-0.4, -0.2) is 39.5 Å². The van der Waals surface area contributed by atoms with Gasteiger partial charge >= 0.3 is 5.97 Å². The number of anilines is 1. The number of carbonyl (C=O) groups is 2. The third-order valence-corrected chi connectivity index (χ3v) is 4.29. The first-order valence-corrected chi connectivity index (χ1v) is 9.07. The van der Waals surface area contributed by atoms with Crippen LogP contribution in [0.4, 0.5) is 5.69 Å². The Morgan fingerprint density at radius 2 is 1.97 bits per heavy atom. The molecular weight excluding hydrogens is 388 g/mol. The molecular formula is C21H18N4O5. The van der Waals surface area contributed by atoms with E-state index in [0.29, 0.717) is 11.3 Å². The molecule has 0 unspecified atom stereocenters. The van der Waals surface area contributed by atoms with Crippen LogP contribution in [0.2, 0.25) is 0 Å². The number of carbonyl (C=O) groups excluding carboxylic acids is 2. The zero-order chi connectivity index (χ0) is 21.7. The van der Waals surface area contributed by atoms with Crippen molar-refractivity contribution in [3.63, 3.8) is 0 Å². The predicted molar refractivity (Wildman–Crippen MR) is 108 cm³/mol. The van der Waals surface area contributed by atoms with E-state index in [1.54, 1.807) is 42.5 Å². The van der Waals surface area contributed by atoms with Crippen molar-refractivity contribution in [1.82, 2.24) is 9.78 Å². The number of aliphatic hydroxyl groups excluding tert-OH is 1. The summed E-state index contributed by atoms with van der Waals surface area (Å²) in [5, 5.41) is 25.2. The minimum absolute atomic E-state index is 0.0881. The standard InChI is InChI=1S/C21H18N4O5/c1-13(19(27)23-15-6-4-5-14(11-15)12-22)30-21(29)18-16-7-2-3-8-17(16)20(28)25(24-18)9-10-26/h2-8,11,13,26H,9-10H2,1H3,(H,23,27)/t13-/m1/s1. The van der Waals surface area contributed by atoms with Crippen molar-refractivity contribution >= 4 is 28.3 Å². The van der Waals surface area contributed by atoms with Gasteiger partial charge in [-0.2, -0.15) is 10.4 Å². The van der Waals surface area contributed by atoms with Crippen molar-refractivity contribution in [2.24, 2.45) is 0 Å². The summed E-state index contributed by atoms with van der Waals surface area (Å²) >= 11 is 0. The van der Waals surface area contributed by atoms with Gasteiger partial charge in [-0.25, -0.2) is 9.48 Å². The van der Waals surface area contributed by atoms with Crippen LogP contribution in [0.15, 0.2) is 53.3 Å². The molecule has 0 aliphatic carbocycles. The summed E-state index contributed by atoms with van der Waals surface area (Å²) in [6.45, 7) is 0.975. The summed E-state index contributed by atoms with van der Waals surface area (Å²) in [6.07, 6.45) is -1.16. The highest BCUT2D eigenvalue weighted by Crippen LogP contribution is 2.16. The van der Waals surface area contributed by atoms with Gasteiger partial charge in [0.2, 0.25) is 0 Å². The van der Waals surface area contributed by atoms with Crippen LogP contribution < -0.4 is 10.9 Å². The number of fused-ring (bicyclic) bond motifs is 1. The van der Waals surface area contributed by atoms with Crippen LogP contribution in [-0.2, 0) is 16.1 Å². The second-order valence-electron chi connectivity index (χ2n) is 6.38. The van der Waals surface area contributed by atoms with Crippen molar-refractivity contribution in [2.45, 2.75) is 19.6 Å². The lowest BCUT2D eigenvalue weighted by molar-refractivity contribution is -0.123. The van der Waals surface area contributed by atoms with Gasteiger partial charge in [0.05, 0.1) is 30.2 Å². The maximum absolute atomic E-state index is 12.7. The molecule has 0 radical (unpaired) electrons. The SMILES string of the molecule is C[C@@H](OC(=O)c1nn(CCO)c(=O)c2ccccc12)C(=O)Nc1cccc(C#N)c1. The lowest BCUT2D eigenvalue weighted by Gasteiger charge is -2.15. The second kappa shape index (κ2) is 8.98. The van der Waals surface area contributed by atoms with Gasteiger partial charge in [-0.3, -0.25) is 9.59 Å². The highest BCUT2D eigenvalue weighted by atomic mass is 16.5. The van der Waals surface area contributed by atoms with Crippen molar-refractivity contribution in [2.75, 3.05) is 11.9 Å². The molecule has 3 rings (SSSR count). The van der Waals surface area contributed by atoms with Gasteiger partial charge in [-0.1, -0.05) is 24.3 Å². The lowest BCUT2D eigenvalue weighted by atomic mass is 10.1. The maximum Gasteiger partial charge on any atom is 0.360 e. The fraction of sp³-hybridized carbons (Fsp3) is 0.190. The molecule has 3 aromatic rings. The average Bonchev–Trinajstić information content (AvgIpc) is 2.75. The Kier molecular flexibility index (Phi) is 6.20. The average molecular weight is 406 g/mol. The minimum atomic E-state index is -1.16. The summed E-state index contributed by atoms with van der Waals surface area (Å²) in [6, 6.07) is 14.7. The molecule has 0 saturated heterocycles. The first-order chi connectivity index (χ1) is 14.4. The van der Waals surface area contributed by atoms with Gasteiger partial charge < -0.3 is 15.2 Å². The number of hydrogen-bond acceptors (Lipinski definition) is 7. The van der Waals surface area contributed by atoms with Crippen molar-refractivity contribution in [3.8, 4) is 6.07 Å².